The average molecular weight is 542 g/mol. The molecule has 0 bridgehead atoms. The van der Waals surface area contributed by atoms with Gasteiger partial charge in [0.1, 0.15) is 5.52 Å². The zero-order chi connectivity index (χ0) is 23.5. The van der Waals surface area contributed by atoms with E-state index in [1.165, 1.54) is 24.6 Å². The summed E-state index contributed by atoms with van der Waals surface area (Å²) in [6.07, 6.45) is 4.80. The highest BCUT2D eigenvalue weighted by molar-refractivity contribution is 9.10. The summed E-state index contributed by atoms with van der Waals surface area (Å²) in [7, 11) is 0. The summed E-state index contributed by atoms with van der Waals surface area (Å²) in [5.41, 5.74) is 2.57. The lowest BCUT2D eigenvalue weighted by Gasteiger charge is -2.21. The van der Waals surface area contributed by atoms with Crippen molar-refractivity contribution < 1.29 is 14.3 Å². The zero-order valence-electron chi connectivity index (χ0n) is 18.5. The molecule has 0 aliphatic carbocycles. The number of hydrogen-bond donors (Lipinski definition) is 1. The third-order valence-electron chi connectivity index (χ3n) is 5.87. The molecule has 5 rings (SSSR count). The Labute approximate surface area is 209 Å². The summed E-state index contributed by atoms with van der Waals surface area (Å²) in [5.74, 6) is -0.386. The van der Waals surface area contributed by atoms with E-state index in [9.17, 15) is 9.90 Å². The first-order chi connectivity index (χ1) is 16.6. The van der Waals surface area contributed by atoms with Crippen LogP contribution in [0, 0.1) is 0 Å². The fourth-order valence-electron chi connectivity index (χ4n) is 4.19. The molecule has 0 spiro atoms. The maximum atomic E-state index is 12.4. The van der Waals surface area contributed by atoms with Crippen LogP contribution in [-0.2, 0) is 11.5 Å². The molecule has 8 nitrogen and oxygen atoms in total. The number of aromatic nitrogens is 2. The second-order valence-corrected chi connectivity index (χ2v) is 10.1. The molecule has 2 aromatic carbocycles. The van der Waals surface area contributed by atoms with Crippen molar-refractivity contribution in [3.63, 3.8) is 0 Å². The lowest BCUT2D eigenvalue weighted by Crippen LogP contribution is -2.27. The molecule has 2 aromatic heterocycles. The van der Waals surface area contributed by atoms with Crippen LogP contribution >= 0.6 is 27.7 Å². The van der Waals surface area contributed by atoms with Gasteiger partial charge in [-0.25, -0.2) is 4.98 Å². The lowest BCUT2D eigenvalue weighted by molar-refractivity contribution is -0.115. The molecule has 176 valence electrons. The van der Waals surface area contributed by atoms with Gasteiger partial charge in [-0.1, -0.05) is 52.7 Å². The normalized spacial score (nSPS) is 15.4. The number of thioether (sulfide) groups is 1. The minimum Gasteiger partial charge on any atom is -0.493 e. The third-order valence-corrected chi connectivity index (χ3v) is 7.17. The second kappa shape index (κ2) is 10.3. The molecular formula is C24H24BrN5O3S. The van der Waals surface area contributed by atoms with Crippen LogP contribution in [0.3, 0.4) is 0 Å². The molecule has 1 amide bonds. The van der Waals surface area contributed by atoms with Crippen molar-refractivity contribution in [3.8, 4) is 5.88 Å². The molecule has 0 radical (unpaired) electrons. The lowest BCUT2D eigenvalue weighted by atomic mass is 10.2. The van der Waals surface area contributed by atoms with Gasteiger partial charge in [-0.3, -0.25) is 14.3 Å². The summed E-state index contributed by atoms with van der Waals surface area (Å²) < 4.78 is 8.34. The van der Waals surface area contributed by atoms with Crippen molar-refractivity contribution in [2.75, 3.05) is 18.8 Å². The highest BCUT2D eigenvalue weighted by Crippen LogP contribution is 2.40. The Bertz CT molecular complexity index is 1320. The Morgan fingerprint density at radius 3 is 2.74 bits per heavy atom. The smallest absolute Gasteiger partial charge is 0.275 e. The van der Waals surface area contributed by atoms with E-state index < -0.39 is 5.91 Å². The third kappa shape index (κ3) is 5.03. The average Bonchev–Trinajstić information content (AvgIpc) is 3.23. The summed E-state index contributed by atoms with van der Waals surface area (Å²) in [6, 6.07) is 13.2. The minimum atomic E-state index is -0.435. The van der Waals surface area contributed by atoms with Crippen LogP contribution in [0.25, 0.3) is 22.0 Å². The molecule has 1 N–H and O–H groups in total. The number of aromatic hydroxyl groups is 1. The van der Waals surface area contributed by atoms with E-state index in [0.717, 1.165) is 46.8 Å². The molecule has 1 aliphatic rings. The van der Waals surface area contributed by atoms with E-state index in [-0.39, 0.29) is 11.6 Å². The number of oxazole rings is 1. The van der Waals surface area contributed by atoms with Crippen LogP contribution < -0.4 is 0 Å². The summed E-state index contributed by atoms with van der Waals surface area (Å²) in [4.78, 5) is 19.1. The maximum absolute atomic E-state index is 12.4. The molecule has 1 aliphatic heterocycles. The van der Waals surface area contributed by atoms with Crippen molar-refractivity contribution in [3.05, 3.63) is 46.9 Å². The number of benzene rings is 2. The largest absolute Gasteiger partial charge is 0.493 e. The fourth-order valence-corrected chi connectivity index (χ4v) is 5.16. The molecule has 0 saturated carbocycles. The topological polar surface area (TPSA) is 96.2 Å². The summed E-state index contributed by atoms with van der Waals surface area (Å²) >= 11 is 4.66. The standard InChI is InChI=1S/C24H24BrN5O3S/c25-16-9-10-19-17(13-16)22(23(32)30(19)15-29-11-5-1-2-6-12-29)28-27-21(31)14-34-24-26-18-7-3-4-8-20(18)33-24/h3-4,7-10,13,32H,1-2,5-6,11-12,14-15H2. The zero-order valence-corrected chi connectivity index (χ0v) is 20.9. The molecule has 1 fully saturated rings. The van der Waals surface area contributed by atoms with Crippen LogP contribution in [0.4, 0.5) is 5.69 Å². The van der Waals surface area contributed by atoms with Gasteiger partial charge in [0.05, 0.1) is 17.9 Å². The predicted molar refractivity (Wildman–Crippen MR) is 136 cm³/mol. The molecule has 3 heterocycles. The molecular weight excluding hydrogens is 518 g/mol. The first-order valence-electron chi connectivity index (χ1n) is 11.2. The molecule has 10 heteroatoms. The van der Waals surface area contributed by atoms with Gasteiger partial charge in [0.15, 0.2) is 11.3 Å². The number of hydrogen-bond acceptors (Lipinski definition) is 7. The van der Waals surface area contributed by atoms with E-state index in [0.29, 0.717) is 23.2 Å². The van der Waals surface area contributed by atoms with Gasteiger partial charge in [-0.2, -0.15) is 0 Å². The van der Waals surface area contributed by atoms with Gasteiger partial charge in [0, 0.05) is 9.86 Å². The van der Waals surface area contributed by atoms with Gasteiger partial charge in [-0.05, 0) is 56.3 Å². The van der Waals surface area contributed by atoms with Gasteiger partial charge < -0.3 is 9.52 Å². The van der Waals surface area contributed by atoms with Crippen molar-refractivity contribution in [1.82, 2.24) is 14.5 Å². The molecule has 4 aromatic rings. The van der Waals surface area contributed by atoms with Crippen molar-refractivity contribution in [2.45, 2.75) is 37.6 Å². The summed E-state index contributed by atoms with van der Waals surface area (Å²) in [5, 5.41) is 20.2. The Morgan fingerprint density at radius 1 is 1.15 bits per heavy atom. The first-order valence-corrected chi connectivity index (χ1v) is 13.0. The number of amides is 1. The predicted octanol–water partition coefficient (Wildman–Crippen LogP) is 6.49. The number of azo groups is 1. The number of likely N-dealkylation sites (tertiary alicyclic amines) is 1. The summed E-state index contributed by atoms with van der Waals surface area (Å²) in [6.45, 7) is 2.57. The van der Waals surface area contributed by atoms with Gasteiger partial charge >= 0.3 is 0 Å². The Kier molecular flexibility index (Phi) is 6.98. The van der Waals surface area contributed by atoms with E-state index in [2.05, 4.69) is 36.0 Å². The van der Waals surface area contributed by atoms with Crippen LogP contribution in [0.1, 0.15) is 25.7 Å². The quantitative estimate of drug-likeness (QED) is 0.221. The number of nitrogens with zero attached hydrogens (tertiary/aromatic N) is 5. The Morgan fingerprint density at radius 2 is 1.94 bits per heavy atom. The highest BCUT2D eigenvalue weighted by atomic mass is 79.9. The van der Waals surface area contributed by atoms with Crippen molar-refractivity contribution in [1.29, 1.82) is 0 Å². The van der Waals surface area contributed by atoms with Gasteiger partial charge in [0.25, 0.3) is 11.1 Å². The van der Waals surface area contributed by atoms with Gasteiger partial charge in [0.2, 0.25) is 5.88 Å². The molecule has 34 heavy (non-hydrogen) atoms. The van der Waals surface area contributed by atoms with Crippen molar-refractivity contribution in [2.24, 2.45) is 10.2 Å². The first kappa shape index (κ1) is 23.1. The van der Waals surface area contributed by atoms with E-state index in [4.69, 9.17) is 4.42 Å². The minimum absolute atomic E-state index is 0.0144. The van der Waals surface area contributed by atoms with Crippen molar-refractivity contribution >= 4 is 61.3 Å². The fraction of sp³-hybridized carbons (Fsp3) is 0.333. The second-order valence-electron chi connectivity index (χ2n) is 8.27. The maximum Gasteiger partial charge on any atom is 0.275 e. The number of fused-ring (bicyclic) bond motifs is 2. The van der Waals surface area contributed by atoms with E-state index >= 15 is 0 Å². The highest BCUT2D eigenvalue weighted by Gasteiger charge is 2.20. The number of halogens is 1. The molecule has 0 atom stereocenters. The van der Waals surface area contributed by atoms with Crippen LogP contribution in [0.15, 0.2) is 66.8 Å². The number of carbonyl (C=O) groups excluding carboxylic acids is 1. The molecule has 0 unspecified atom stereocenters. The number of carbonyl (C=O) groups is 1. The van der Waals surface area contributed by atoms with Crippen LogP contribution in [-0.4, -0.2) is 44.3 Å². The Balaban J connectivity index is 1.35. The molecule has 1 saturated heterocycles. The van der Waals surface area contributed by atoms with Crippen LogP contribution in [0.5, 0.6) is 5.88 Å². The number of rotatable bonds is 6. The number of para-hydroxylation sites is 2. The monoisotopic (exact) mass is 541 g/mol. The van der Waals surface area contributed by atoms with Gasteiger partial charge in [-0.15, -0.1) is 10.2 Å². The van der Waals surface area contributed by atoms with E-state index in [1.54, 1.807) is 0 Å². The SMILES string of the molecule is O=C(CSc1nc2ccccc2o1)N=Nc1c(O)n(CN2CCCCCC2)c2ccc(Br)cc12. The Hall–Kier alpha value is -2.69. The van der Waals surface area contributed by atoms with Crippen LogP contribution in [0.2, 0.25) is 0 Å². The van der Waals surface area contributed by atoms with E-state index in [1.807, 2.05) is 47.0 Å².